The van der Waals surface area contributed by atoms with Gasteiger partial charge in [-0.25, -0.2) is 0 Å². The molecule has 1 aromatic carbocycles. The van der Waals surface area contributed by atoms with Crippen LogP contribution >= 0.6 is 0 Å². The zero-order chi connectivity index (χ0) is 8.97. The van der Waals surface area contributed by atoms with Crippen molar-refractivity contribution < 1.29 is 5.11 Å². The Labute approximate surface area is 71.4 Å². The van der Waals surface area contributed by atoms with Gasteiger partial charge < -0.3 is 5.11 Å². The summed E-state index contributed by atoms with van der Waals surface area (Å²) in [7, 11) is 0. The lowest BCUT2D eigenvalue weighted by Gasteiger charge is -2.05. The molecule has 0 aliphatic rings. The van der Waals surface area contributed by atoms with Crippen LogP contribution in [0.2, 0.25) is 0 Å². The summed E-state index contributed by atoms with van der Waals surface area (Å²) in [5.74, 6) is -0.713. The van der Waals surface area contributed by atoms with E-state index in [0.29, 0.717) is 0 Å². The number of rotatable bonds is 2. The van der Waals surface area contributed by atoms with Gasteiger partial charge in [-0.15, -0.1) is 0 Å². The largest absolute Gasteiger partial charge is 0.511 e. The lowest BCUT2D eigenvalue weighted by molar-refractivity contribution is 0.389. The van der Waals surface area contributed by atoms with Gasteiger partial charge >= 0.3 is 0 Å². The smallest absolute Gasteiger partial charge is 0.128 e. The zero-order valence-corrected chi connectivity index (χ0v) is 6.57. The highest BCUT2D eigenvalue weighted by atomic mass is 16.3. The van der Waals surface area contributed by atoms with E-state index in [1.807, 2.05) is 24.3 Å². The monoisotopic (exact) mass is 159 g/mol. The van der Waals surface area contributed by atoms with Crippen LogP contribution in [0.25, 0.3) is 0 Å². The van der Waals surface area contributed by atoms with Crippen molar-refractivity contribution in [2.75, 3.05) is 0 Å². The molecule has 2 nitrogen and oxygen atoms in total. The first-order valence-corrected chi connectivity index (χ1v) is 3.58. The summed E-state index contributed by atoms with van der Waals surface area (Å²) in [4.78, 5) is 0. The molecule has 0 aliphatic heterocycles. The summed E-state index contributed by atoms with van der Waals surface area (Å²) >= 11 is 0. The standard InChI is InChI=1S/C10H9NO/c1-8(12)10(7-11)9-5-3-2-4-6-9/h2-6,10,12H,1H2. The minimum absolute atomic E-state index is 0.108. The molecular formula is C10H9NO. The van der Waals surface area contributed by atoms with Crippen molar-refractivity contribution in [3.63, 3.8) is 0 Å². The number of nitriles is 1. The van der Waals surface area contributed by atoms with Crippen LogP contribution in [0.1, 0.15) is 11.5 Å². The first-order valence-electron chi connectivity index (χ1n) is 3.58. The second-order valence-electron chi connectivity index (χ2n) is 2.46. The van der Waals surface area contributed by atoms with Crippen LogP contribution in [-0.2, 0) is 0 Å². The van der Waals surface area contributed by atoms with Gasteiger partial charge in [-0.1, -0.05) is 36.9 Å². The molecule has 0 fully saturated rings. The molecule has 0 saturated carbocycles. The van der Waals surface area contributed by atoms with Crippen molar-refractivity contribution >= 4 is 0 Å². The second-order valence-corrected chi connectivity index (χ2v) is 2.46. The molecule has 12 heavy (non-hydrogen) atoms. The number of allylic oxidation sites excluding steroid dienone is 1. The number of nitrogens with zero attached hydrogens (tertiary/aromatic N) is 1. The second kappa shape index (κ2) is 3.59. The zero-order valence-electron chi connectivity index (χ0n) is 6.57. The predicted octanol–water partition coefficient (Wildman–Crippen LogP) is 2.37. The molecule has 1 N–H and O–H groups in total. The van der Waals surface area contributed by atoms with Crippen LogP contribution in [0, 0.1) is 11.3 Å². The Kier molecular flexibility index (Phi) is 2.49. The fourth-order valence-corrected chi connectivity index (χ4v) is 0.987. The van der Waals surface area contributed by atoms with Crippen LogP contribution in [0.3, 0.4) is 0 Å². The van der Waals surface area contributed by atoms with Crippen molar-refractivity contribution in [3.8, 4) is 6.07 Å². The topological polar surface area (TPSA) is 44.0 Å². The molecule has 1 atom stereocenters. The first-order chi connectivity index (χ1) is 5.75. The third-order valence-electron chi connectivity index (χ3n) is 1.60. The average Bonchev–Trinajstić information content (AvgIpc) is 2.07. The lowest BCUT2D eigenvalue weighted by atomic mass is 10.00. The molecule has 0 heterocycles. The van der Waals surface area contributed by atoms with E-state index in [0.717, 1.165) is 5.56 Å². The van der Waals surface area contributed by atoms with Gasteiger partial charge in [0, 0.05) is 0 Å². The van der Waals surface area contributed by atoms with E-state index in [4.69, 9.17) is 10.4 Å². The Morgan fingerprint density at radius 2 is 2.00 bits per heavy atom. The van der Waals surface area contributed by atoms with Gasteiger partial charge in [0.25, 0.3) is 0 Å². The van der Waals surface area contributed by atoms with E-state index in [1.54, 1.807) is 12.1 Å². The molecule has 0 aromatic heterocycles. The number of hydrogen-bond donors (Lipinski definition) is 1. The van der Waals surface area contributed by atoms with E-state index < -0.39 is 5.92 Å². The maximum atomic E-state index is 9.05. The maximum absolute atomic E-state index is 9.05. The van der Waals surface area contributed by atoms with Crippen molar-refractivity contribution in [1.29, 1.82) is 5.26 Å². The summed E-state index contributed by atoms with van der Waals surface area (Å²) in [6, 6.07) is 11.0. The number of aliphatic hydroxyl groups is 1. The molecule has 0 spiro atoms. The summed E-state index contributed by atoms with van der Waals surface area (Å²) in [6.07, 6.45) is 0. The normalized spacial score (nSPS) is 11.6. The summed E-state index contributed by atoms with van der Waals surface area (Å²) in [5.41, 5.74) is 0.771. The molecule has 1 aromatic rings. The highest BCUT2D eigenvalue weighted by molar-refractivity contribution is 5.30. The van der Waals surface area contributed by atoms with Crippen molar-refractivity contribution in [2.24, 2.45) is 0 Å². The third-order valence-corrected chi connectivity index (χ3v) is 1.60. The molecule has 1 unspecified atom stereocenters. The SMILES string of the molecule is C=C(O)C(C#N)c1ccccc1. The molecule has 0 bridgehead atoms. The molecule has 0 aliphatic carbocycles. The van der Waals surface area contributed by atoms with Crippen LogP contribution in [0.15, 0.2) is 42.7 Å². The van der Waals surface area contributed by atoms with Gasteiger partial charge in [0.05, 0.1) is 6.07 Å². The van der Waals surface area contributed by atoms with E-state index in [-0.39, 0.29) is 5.76 Å². The quantitative estimate of drug-likeness (QED) is 0.673. The fourth-order valence-electron chi connectivity index (χ4n) is 0.987. The summed E-state index contributed by atoms with van der Waals surface area (Å²) < 4.78 is 0. The van der Waals surface area contributed by atoms with Gasteiger partial charge in [-0.2, -0.15) is 5.26 Å². The summed E-state index contributed by atoms with van der Waals surface area (Å²) in [6.45, 7) is 3.34. The molecular weight excluding hydrogens is 150 g/mol. The number of aliphatic hydroxyl groups excluding tert-OH is 1. The average molecular weight is 159 g/mol. The van der Waals surface area contributed by atoms with Gasteiger partial charge in [0.15, 0.2) is 0 Å². The Bertz CT molecular complexity index is 310. The predicted molar refractivity (Wildman–Crippen MR) is 46.6 cm³/mol. The Balaban J connectivity index is 2.98. The Morgan fingerprint density at radius 3 is 2.42 bits per heavy atom. The molecule has 0 radical (unpaired) electrons. The summed E-state index contributed by atoms with van der Waals surface area (Å²) in [5, 5.41) is 17.7. The molecule has 0 amide bonds. The molecule has 0 saturated heterocycles. The fraction of sp³-hybridized carbons (Fsp3) is 0.100. The third kappa shape index (κ3) is 1.64. The van der Waals surface area contributed by atoms with E-state index in [9.17, 15) is 0 Å². The van der Waals surface area contributed by atoms with Crippen molar-refractivity contribution in [1.82, 2.24) is 0 Å². The van der Waals surface area contributed by atoms with Crippen molar-refractivity contribution in [2.45, 2.75) is 5.92 Å². The van der Waals surface area contributed by atoms with Gasteiger partial charge in [-0.3, -0.25) is 0 Å². The van der Waals surface area contributed by atoms with Crippen LogP contribution in [0.5, 0.6) is 0 Å². The number of hydrogen-bond acceptors (Lipinski definition) is 2. The van der Waals surface area contributed by atoms with Gasteiger partial charge in [0.1, 0.15) is 11.7 Å². The highest BCUT2D eigenvalue weighted by Gasteiger charge is 2.11. The van der Waals surface area contributed by atoms with Crippen LogP contribution in [0.4, 0.5) is 0 Å². The minimum atomic E-state index is -0.605. The maximum Gasteiger partial charge on any atom is 0.128 e. The van der Waals surface area contributed by atoms with Gasteiger partial charge in [0.2, 0.25) is 0 Å². The van der Waals surface area contributed by atoms with Crippen LogP contribution < -0.4 is 0 Å². The van der Waals surface area contributed by atoms with E-state index >= 15 is 0 Å². The molecule has 2 heteroatoms. The molecule has 1 rings (SSSR count). The Hall–Kier alpha value is -1.75. The van der Waals surface area contributed by atoms with E-state index in [2.05, 4.69) is 6.58 Å². The van der Waals surface area contributed by atoms with Gasteiger partial charge in [-0.05, 0) is 5.56 Å². The highest BCUT2D eigenvalue weighted by Crippen LogP contribution is 2.19. The minimum Gasteiger partial charge on any atom is -0.511 e. The lowest BCUT2D eigenvalue weighted by Crippen LogP contribution is -1.97. The molecule has 60 valence electrons. The Morgan fingerprint density at radius 1 is 1.42 bits per heavy atom. The van der Waals surface area contributed by atoms with Crippen LogP contribution in [-0.4, -0.2) is 5.11 Å². The van der Waals surface area contributed by atoms with E-state index in [1.165, 1.54) is 0 Å². The van der Waals surface area contributed by atoms with Crippen molar-refractivity contribution in [3.05, 3.63) is 48.2 Å². The number of benzene rings is 1. The first kappa shape index (κ1) is 8.35.